The summed E-state index contributed by atoms with van der Waals surface area (Å²) in [6.45, 7) is 10.2. The Morgan fingerprint density at radius 2 is 1.33 bits per heavy atom. The van der Waals surface area contributed by atoms with E-state index in [-0.39, 0.29) is 0 Å². The molecule has 0 N–H and O–H groups in total. The molecule has 0 saturated heterocycles. The second kappa shape index (κ2) is 6.08. The van der Waals surface area contributed by atoms with Gasteiger partial charge in [-0.15, -0.1) is 8.42 Å². The summed E-state index contributed by atoms with van der Waals surface area (Å²) in [5, 5.41) is 0. The van der Waals surface area contributed by atoms with Crippen LogP contribution < -0.4 is 0 Å². The van der Waals surface area contributed by atoms with Crippen LogP contribution in [0.1, 0.15) is 13.8 Å². The number of rotatable bonds is 6. The summed E-state index contributed by atoms with van der Waals surface area (Å²) in [6.07, 6.45) is 5.00. The Hall–Kier alpha value is -1.49. The molecule has 0 heterocycles. The van der Waals surface area contributed by atoms with Crippen LogP contribution >= 0.6 is 0 Å². The van der Waals surface area contributed by atoms with E-state index in [4.69, 9.17) is 0 Å². The zero-order chi connectivity index (χ0) is 11.9. The lowest BCUT2D eigenvalue weighted by atomic mass is 10.3. The zero-order valence-electron chi connectivity index (χ0n) is 8.76. The fourth-order valence-electron chi connectivity index (χ4n) is 0.389. The molecule has 0 unspecified atom stereocenters. The van der Waals surface area contributed by atoms with Gasteiger partial charge in [0.15, 0.2) is 0 Å². The van der Waals surface area contributed by atoms with Crippen molar-refractivity contribution < 1.29 is 16.8 Å². The summed E-state index contributed by atoms with van der Waals surface area (Å²) in [5.74, 6) is 0. The maximum absolute atomic E-state index is 11.1. The maximum atomic E-state index is 11.1. The van der Waals surface area contributed by atoms with Gasteiger partial charge in [0.05, 0.1) is 0 Å². The van der Waals surface area contributed by atoms with Gasteiger partial charge in [-0.3, -0.25) is 0 Å². The second-order valence-electron chi connectivity index (χ2n) is 2.73. The number of allylic oxidation sites excluding steroid dienone is 4. The van der Waals surface area contributed by atoms with Crippen molar-refractivity contribution in [3.8, 4) is 0 Å². The fourth-order valence-corrected chi connectivity index (χ4v) is 0.973. The minimum atomic E-state index is -4.04. The van der Waals surface area contributed by atoms with Gasteiger partial charge in [-0.2, -0.15) is 0 Å². The van der Waals surface area contributed by atoms with E-state index in [2.05, 4.69) is 21.5 Å². The van der Waals surface area contributed by atoms with E-state index in [1.807, 2.05) is 0 Å². The zero-order valence-corrected chi connectivity index (χ0v) is 9.58. The molecule has 0 aromatic carbocycles. The molecule has 5 heteroatoms. The van der Waals surface area contributed by atoms with Crippen molar-refractivity contribution in [2.45, 2.75) is 13.8 Å². The van der Waals surface area contributed by atoms with Gasteiger partial charge in [0.2, 0.25) is 0 Å². The first-order chi connectivity index (χ1) is 6.91. The molecule has 0 saturated carbocycles. The third-order valence-electron chi connectivity index (χ3n) is 1.35. The van der Waals surface area contributed by atoms with Crippen LogP contribution in [0.4, 0.5) is 0 Å². The summed E-state index contributed by atoms with van der Waals surface area (Å²) >= 11 is 0. The van der Waals surface area contributed by atoms with Gasteiger partial charge in [-0.05, 0) is 25.0 Å². The van der Waals surface area contributed by atoms with Gasteiger partial charge in [0, 0.05) is 0 Å². The lowest BCUT2D eigenvalue weighted by Crippen LogP contribution is -2.03. The van der Waals surface area contributed by atoms with Crippen LogP contribution in [0.5, 0.6) is 0 Å². The minimum absolute atomic E-state index is 0.576. The van der Waals surface area contributed by atoms with Crippen LogP contribution in [-0.4, -0.2) is 8.42 Å². The van der Waals surface area contributed by atoms with Gasteiger partial charge in [-0.1, -0.05) is 25.3 Å². The first-order valence-electron chi connectivity index (χ1n) is 4.11. The predicted octanol–water partition coefficient (Wildman–Crippen LogP) is 2.44. The molecule has 0 radical (unpaired) electrons. The molecule has 0 rings (SSSR count). The average Bonchev–Trinajstić information content (AvgIpc) is 2.22. The summed E-state index contributed by atoms with van der Waals surface area (Å²) in [5.41, 5.74) is 1.15. The fraction of sp³-hybridized carbons (Fsp3) is 0.200. The molecule has 15 heavy (non-hydrogen) atoms. The average molecular weight is 230 g/mol. The number of hydrogen-bond donors (Lipinski definition) is 0. The number of hydrogen-bond acceptors (Lipinski definition) is 4. The van der Waals surface area contributed by atoms with Gasteiger partial charge >= 0.3 is 10.4 Å². The van der Waals surface area contributed by atoms with Crippen molar-refractivity contribution in [3.05, 3.63) is 49.0 Å². The Kier molecular flexibility index (Phi) is 5.48. The molecule has 0 atom stereocenters. The van der Waals surface area contributed by atoms with Gasteiger partial charge < -0.3 is 8.37 Å². The van der Waals surface area contributed by atoms with E-state index < -0.39 is 10.4 Å². The highest BCUT2D eigenvalue weighted by molar-refractivity contribution is 7.82. The van der Waals surface area contributed by atoms with Crippen molar-refractivity contribution in [2.24, 2.45) is 0 Å². The van der Waals surface area contributed by atoms with Crippen molar-refractivity contribution >= 4 is 10.4 Å². The third kappa shape index (κ3) is 6.56. The van der Waals surface area contributed by atoms with Gasteiger partial charge in [-0.25, -0.2) is 0 Å². The van der Waals surface area contributed by atoms with Crippen LogP contribution in [-0.2, 0) is 18.8 Å². The molecule has 84 valence electrons. The Labute approximate surface area is 90.5 Å². The molecule has 0 spiro atoms. The second-order valence-corrected chi connectivity index (χ2v) is 3.93. The molecule has 0 amide bonds. The van der Waals surface area contributed by atoms with Crippen molar-refractivity contribution in [1.29, 1.82) is 0 Å². The van der Waals surface area contributed by atoms with Crippen molar-refractivity contribution in [1.82, 2.24) is 0 Å². The van der Waals surface area contributed by atoms with Crippen molar-refractivity contribution in [2.75, 3.05) is 0 Å². The topological polar surface area (TPSA) is 52.6 Å². The molecule has 0 fully saturated rings. The van der Waals surface area contributed by atoms with E-state index in [1.165, 1.54) is 12.2 Å². The largest absolute Gasteiger partial charge is 0.499 e. The molecule has 4 nitrogen and oxygen atoms in total. The minimum Gasteiger partial charge on any atom is -0.361 e. The molecule has 0 aliphatic carbocycles. The highest BCUT2D eigenvalue weighted by Gasteiger charge is 2.08. The lowest BCUT2D eigenvalue weighted by Gasteiger charge is -2.01. The smallest absolute Gasteiger partial charge is 0.361 e. The summed E-state index contributed by atoms with van der Waals surface area (Å²) in [7, 11) is -4.04. The SMILES string of the molecule is C=CC(C)=COS(=O)(=O)OC=C(C)C=C. The van der Waals surface area contributed by atoms with Crippen LogP contribution in [0.3, 0.4) is 0 Å². The molecular formula is C10H14O4S. The molecule has 0 aromatic rings. The monoisotopic (exact) mass is 230 g/mol. The normalized spacial score (nSPS) is 13.2. The van der Waals surface area contributed by atoms with E-state index in [0.29, 0.717) is 11.1 Å². The van der Waals surface area contributed by atoms with Crippen LogP contribution in [0.25, 0.3) is 0 Å². The Morgan fingerprint density at radius 1 is 1.00 bits per heavy atom. The van der Waals surface area contributed by atoms with E-state index in [1.54, 1.807) is 13.8 Å². The van der Waals surface area contributed by atoms with Crippen LogP contribution in [0, 0.1) is 0 Å². The van der Waals surface area contributed by atoms with E-state index in [9.17, 15) is 8.42 Å². The molecule has 0 bridgehead atoms. The molecule has 0 aliphatic heterocycles. The Balaban J connectivity index is 4.46. The predicted molar refractivity (Wildman–Crippen MR) is 59.0 cm³/mol. The van der Waals surface area contributed by atoms with Gasteiger partial charge in [0.1, 0.15) is 12.5 Å². The summed E-state index contributed by atoms with van der Waals surface area (Å²) in [6, 6.07) is 0. The highest BCUT2D eigenvalue weighted by Crippen LogP contribution is 2.04. The highest BCUT2D eigenvalue weighted by atomic mass is 32.3. The maximum Gasteiger partial charge on any atom is 0.499 e. The molecule has 0 aliphatic rings. The van der Waals surface area contributed by atoms with E-state index in [0.717, 1.165) is 12.5 Å². The van der Waals surface area contributed by atoms with Gasteiger partial charge in [0.25, 0.3) is 0 Å². The van der Waals surface area contributed by atoms with E-state index >= 15 is 0 Å². The first kappa shape index (κ1) is 13.5. The Bertz CT molecular complexity index is 356. The van der Waals surface area contributed by atoms with Crippen LogP contribution in [0.15, 0.2) is 49.0 Å². The molecular weight excluding hydrogens is 216 g/mol. The summed E-state index contributed by atoms with van der Waals surface area (Å²) in [4.78, 5) is 0. The third-order valence-corrected chi connectivity index (χ3v) is 2.01. The first-order valence-corrected chi connectivity index (χ1v) is 5.44. The summed E-state index contributed by atoms with van der Waals surface area (Å²) < 4.78 is 31.0. The lowest BCUT2D eigenvalue weighted by molar-refractivity contribution is 0.333. The Morgan fingerprint density at radius 3 is 1.60 bits per heavy atom. The molecule has 0 aromatic heterocycles. The van der Waals surface area contributed by atoms with Crippen molar-refractivity contribution in [3.63, 3.8) is 0 Å². The quantitative estimate of drug-likeness (QED) is 0.519. The van der Waals surface area contributed by atoms with Crippen LogP contribution in [0.2, 0.25) is 0 Å². The standard InChI is InChI=1S/C10H14O4S/c1-5-9(3)7-13-15(11,12)14-8-10(4)6-2/h5-8H,1-2H2,3-4H3.